The van der Waals surface area contributed by atoms with Crippen molar-refractivity contribution in [3.8, 4) is 0 Å². The number of thioether (sulfide) groups is 1. The quantitative estimate of drug-likeness (QED) is 0.816. The van der Waals surface area contributed by atoms with Crippen LogP contribution in [0.1, 0.15) is 10.8 Å². The summed E-state index contributed by atoms with van der Waals surface area (Å²) < 4.78 is 0. The molecule has 1 N–H and O–H groups in total. The van der Waals surface area contributed by atoms with Crippen molar-refractivity contribution in [2.45, 2.75) is 5.25 Å². The Morgan fingerprint density at radius 2 is 1.85 bits per heavy atom. The minimum Gasteiger partial charge on any atom is -0.334 e. The van der Waals surface area contributed by atoms with E-state index >= 15 is 0 Å². The second-order valence-electron chi connectivity index (χ2n) is 4.39. The van der Waals surface area contributed by atoms with Gasteiger partial charge in [-0.1, -0.05) is 71.4 Å². The molecule has 1 heterocycles. The predicted molar refractivity (Wildman–Crippen MR) is 89.2 cm³/mol. The average Bonchev–Trinajstić information content (AvgIpc) is 2.93. The number of rotatable bonds is 2. The molecule has 3 rings (SSSR count). The largest absolute Gasteiger partial charge is 0.334 e. The Bertz CT molecular complexity index is 644. The Hall–Kier alpha value is -1.16. The van der Waals surface area contributed by atoms with Gasteiger partial charge in [-0.3, -0.25) is 4.99 Å². The summed E-state index contributed by atoms with van der Waals surface area (Å²) in [6, 6.07) is 15.9. The van der Waals surface area contributed by atoms with Crippen LogP contribution in [0, 0.1) is 0 Å². The van der Waals surface area contributed by atoms with Gasteiger partial charge in [0.05, 0.1) is 27.5 Å². The smallest absolute Gasteiger partial charge is 0.161 e. The first-order chi connectivity index (χ1) is 9.74. The van der Waals surface area contributed by atoms with E-state index in [1.807, 2.05) is 18.2 Å². The highest BCUT2D eigenvalue weighted by Gasteiger charge is 2.21. The molecule has 0 fully saturated rings. The van der Waals surface area contributed by atoms with Crippen molar-refractivity contribution in [2.75, 3.05) is 11.9 Å². The number of anilines is 1. The van der Waals surface area contributed by atoms with Crippen LogP contribution in [0.4, 0.5) is 5.69 Å². The van der Waals surface area contributed by atoms with E-state index in [1.165, 1.54) is 5.56 Å². The minimum absolute atomic E-state index is 0.358. The lowest BCUT2D eigenvalue weighted by molar-refractivity contribution is 0.966. The SMILES string of the molecule is Clc1cccc(NC2=NCC(c3ccccc3)S2)c1Cl. The molecular formula is C15H12Cl2N2S. The van der Waals surface area contributed by atoms with Gasteiger partial charge in [0.2, 0.25) is 0 Å². The van der Waals surface area contributed by atoms with Crippen molar-refractivity contribution in [2.24, 2.45) is 4.99 Å². The molecule has 20 heavy (non-hydrogen) atoms. The van der Waals surface area contributed by atoms with Crippen LogP contribution < -0.4 is 5.32 Å². The zero-order chi connectivity index (χ0) is 13.9. The van der Waals surface area contributed by atoms with Crippen LogP contribution in [0.25, 0.3) is 0 Å². The molecule has 5 heteroatoms. The van der Waals surface area contributed by atoms with E-state index in [0.29, 0.717) is 15.3 Å². The third-order valence-electron chi connectivity index (χ3n) is 3.02. The first kappa shape index (κ1) is 13.8. The van der Waals surface area contributed by atoms with Crippen LogP contribution in [0.5, 0.6) is 0 Å². The van der Waals surface area contributed by atoms with Gasteiger partial charge in [0.1, 0.15) is 0 Å². The third kappa shape index (κ3) is 2.95. The molecular weight excluding hydrogens is 311 g/mol. The highest BCUT2D eigenvalue weighted by atomic mass is 35.5. The van der Waals surface area contributed by atoms with Gasteiger partial charge in [0.15, 0.2) is 5.17 Å². The second-order valence-corrected chi connectivity index (χ2v) is 6.37. The molecule has 0 radical (unpaired) electrons. The number of hydrogen-bond acceptors (Lipinski definition) is 3. The first-order valence-corrected chi connectivity index (χ1v) is 7.84. The number of aliphatic imine (C=N–C) groups is 1. The van der Waals surface area contributed by atoms with Gasteiger partial charge in [-0.05, 0) is 17.7 Å². The summed E-state index contributed by atoms with van der Waals surface area (Å²) in [5, 5.41) is 5.55. The molecule has 1 atom stereocenters. The lowest BCUT2D eigenvalue weighted by atomic mass is 10.1. The molecule has 1 unspecified atom stereocenters. The normalized spacial score (nSPS) is 17.9. The maximum atomic E-state index is 6.17. The standard InChI is InChI=1S/C15H12Cl2N2S/c16-11-7-4-8-12(14(11)17)19-15-18-9-13(20-15)10-5-2-1-3-6-10/h1-8,13H,9H2,(H,18,19). The van der Waals surface area contributed by atoms with E-state index in [2.05, 4.69) is 34.6 Å². The summed E-state index contributed by atoms with van der Waals surface area (Å²) in [4.78, 5) is 4.53. The Morgan fingerprint density at radius 3 is 2.65 bits per heavy atom. The van der Waals surface area contributed by atoms with E-state index in [1.54, 1.807) is 17.8 Å². The van der Waals surface area contributed by atoms with E-state index in [0.717, 1.165) is 17.4 Å². The zero-order valence-electron chi connectivity index (χ0n) is 10.5. The summed E-state index contributed by atoms with van der Waals surface area (Å²) in [7, 11) is 0. The Balaban J connectivity index is 1.70. The van der Waals surface area contributed by atoms with E-state index in [4.69, 9.17) is 23.2 Å². The average molecular weight is 323 g/mol. The van der Waals surface area contributed by atoms with Crippen molar-refractivity contribution in [1.29, 1.82) is 0 Å². The summed E-state index contributed by atoms with van der Waals surface area (Å²) in [6.07, 6.45) is 0. The monoisotopic (exact) mass is 322 g/mol. The molecule has 0 aliphatic carbocycles. The van der Waals surface area contributed by atoms with Gasteiger partial charge in [0, 0.05) is 0 Å². The van der Waals surface area contributed by atoms with Crippen LogP contribution in [0.3, 0.4) is 0 Å². The maximum absolute atomic E-state index is 6.17. The topological polar surface area (TPSA) is 24.4 Å². The summed E-state index contributed by atoms with van der Waals surface area (Å²) >= 11 is 13.9. The van der Waals surface area contributed by atoms with Crippen molar-refractivity contribution in [1.82, 2.24) is 0 Å². The summed E-state index contributed by atoms with van der Waals surface area (Å²) in [5.74, 6) is 0. The Kier molecular flexibility index (Phi) is 4.20. The number of nitrogens with zero attached hydrogens (tertiary/aromatic N) is 1. The van der Waals surface area contributed by atoms with E-state index < -0.39 is 0 Å². The fourth-order valence-corrected chi connectivity index (χ4v) is 3.38. The minimum atomic E-state index is 0.358. The van der Waals surface area contributed by atoms with Crippen LogP contribution >= 0.6 is 35.0 Å². The lowest BCUT2D eigenvalue weighted by Gasteiger charge is -2.10. The summed E-state index contributed by atoms with van der Waals surface area (Å²) in [6.45, 7) is 0.773. The molecule has 2 nitrogen and oxygen atoms in total. The highest BCUT2D eigenvalue weighted by molar-refractivity contribution is 8.14. The van der Waals surface area contributed by atoms with Gasteiger partial charge >= 0.3 is 0 Å². The lowest BCUT2D eigenvalue weighted by Crippen LogP contribution is -2.05. The van der Waals surface area contributed by atoms with Crippen LogP contribution in [-0.2, 0) is 0 Å². The van der Waals surface area contributed by atoms with Crippen LogP contribution in [-0.4, -0.2) is 11.7 Å². The molecule has 0 saturated carbocycles. The highest BCUT2D eigenvalue weighted by Crippen LogP contribution is 2.37. The van der Waals surface area contributed by atoms with Gasteiger partial charge in [-0.2, -0.15) is 0 Å². The Labute approximate surface area is 132 Å². The molecule has 1 aliphatic heterocycles. The zero-order valence-corrected chi connectivity index (χ0v) is 12.8. The van der Waals surface area contributed by atoms with Crippen molar-refractivity contribution in [3.63, 3.8) is 0 Å². The molecule has 102 valence electrons. The molecule has 1 aliphatic rings. The van der Waals surface area contributed by atoms with Crippen molar-refractivity contribution < 1.29 is 0 Å². The van der Waals surface area contributed by atoms with E-state index in [-0.39, 0.29) is 0 Å². The van der Waals surface area contributed by atoms with Crippen molar-refractivity contribution >= 4 is 45.8 Å². The van der Waals surface area contributed by atoms with Gasteiger partial charge < -0.3 is 5.32 Å². The first-order valence-electron chi connectivity index (χ1n) is 6.21. The summed E-state index contributed by atoms with van der Waals surface area (Å²) in [5.41, 5.74) is 2.08. The molecule has 0 bridgehead atoms. The van der Waals surface area contributed by atoms with Crippen LogP contribution in [0.2, 0.25) is 10.0 Å². The number of amidine groups is 1. The Morgan fingerprint density at radius 1 is 1.05 bits per heavy atom. The van der Waals surface area contributed by atoms with Gasteiger partial charge in [0.25, 0.3) is 0 Å². The number of hydrogen-bond donors (Lipinski definition) is 1. The molecule has 0 saturated heterocycles. The third-order valence-corrected chi connectivity index (χ3v) is 5.00. The van der Waals surface area contributed by atoms with Gasteiger partial charge in [-0.25, -0.2) is 0 Å². The molecule has 0 spiro atoms. The number of benzene rings is 2. The van der Waals surface area contributed by atoms with Crippen LogP contribution in [0.15, 0.2) is 53.5 Å². The molecule has 0 amide bonds. The molecule has 0 aromatic heterocycles. The fraction of sp³-hybridized carbons (Fsp3) is 0.133. The second kappa shape index (κ2) is 6.08. The molecule has 2 aromatic carbocycles. The predicted octanol–water partition coefficient (Wildman–Crippen LogP) is 5.25. The molecule has 2 aromatic rings. The van der Waals surface area contributed by atoms with Gasteiger partial charge in [-0.15, -0.1) is 0 Å². The number of nitrogens with one attached hydrogen (secondary N) is 1. The van der Waals surface area contributed by atoms with E-state index in [9.17, 15) is 0 Å². The maximum Gasteiger partial charge on any atom is 0.161 e. The number of halogens is 2. The van der Waals surface area contributed by atoms with Crippen molar-refractivity contribution in [3.05, 3.63) is 64.1 Å². The fourth-order valence-electron chi connectivity index (χ4n) is 2.00.